The molecule has 0 heterocycles. The van der Waals surface area contributed by atoms with Gasteiger partial charge >= 0.3 is 0 Å². The fourth-order valence-corrected chi connectivity index (χ4v) is 1.27. The number of sulfonamides is 1. The first-order valence-corrected chi connectivity index (χ1v) is 5.75. The van der Waals surface area contributed by atoms with Gasteiger partial charge in [0.05, 0.1) is 6.26 Å². The number of hydrogen-bond acceptors (Lipinski definition) is 3. The molecule has 12 heavy (non-hydrogen) atoms. The average Bonchev–Trinajstić information content (AvgIpc) is 1.83. The minimum Gasteiger partial charge on any atom is -0.300 e. The molecular weight excluding hydrogens is 178 g/mol. The number of rotatable bonds is 6. The van der Waals surface area contributed by atoms with E-state index in [4.69, 9.17) is 0 Å². The van der Waals surface area contributed by atoms with E-state index in [0.717, 1.165) is 12.7 Å². The van der Waals surface area contributed by atoms with Crippen LogP contribution < -0.4 is 4.72 Å². The van der Waals surface area contributed by atoms with E-state index in [9.17, 15) is 13.2 Å². The van der Waals surface area contributed by atoms with Crippen molar-refractivity contribution in [1.29, 1.82) is 0 Å². The summed E-state index contributed by atoms with van der Waals surface area (Å²) in [6.07, 6.45) is 3.12. The molecule has 0 amide bonds. The van der Waals surface area contributed by atoms with Crippen molar-refractivity contribution in [2.75, 3.05) is 12.8 Å². The summed E-state index contributed by atoms with van der Waals surface area (Å²) < 4.78 is 23.5. The summed E-state index contributed by atoms with van der Waals surface area (Å²) in [4.78, 5) is 10.5. The van der Waals surface area contributed by atoms with Gasteiger partial charge in [-0.3, -0.25) is 0 Å². The molecule has 0 saturated carbocycles. The van der Waals surface area contributed by atoms with Crippen molar-refractivity contribution >= 4 is 15.8 Å². The van der Waals surface area contributed by atoms with Crippen molar-refractivity contribution in [1.82, 2.24) is 4.72 Å². The lowest BCUT2D eigenvalue weighted by molar-refractivity contribution is -0.117. The third kappa shape index (κ3) is 9.58. The molecule has 0 aromatic carbocycles. The fourth-order valence-electron chi connectivity index (χ4n) is 0.757. The number of Topliss-reactive ketones (excluding diaryl/α,β-unsaturated/α-hetero) is 1. The van der Waals surface area contributed by atoms with E-state index in [2.05, 4.69) is 4.72 Å². The van der Waals surface area contributed by atoms with Crippen LogP contribution in [0.25, 0.3) is 0 Å². The maximum atomic E-state index is 10.6. The molecule has 0 bridgehead atoms. The van der Waals surface area contributed by atoms with Crippen LogP contribution in [0.4, 0.5) is 0 Å². The Morgan fingerprint density at radius 1 is 1.33 bits per heavy atom. The first kappa shape index (κ1) is 11.6. The molecule has 0 aliphatic carbocycles. The van der Waals surface area contributed by atoms with Gasteiger partial charge < -0.3 is 4.79 Å². The summed E-state index contributed by atoms with van der Waals surface area (Å²) in [5.74, 6) is 0.148. The van der Waals surface area contributed by atoms with Crippen molar-refractivity contribution < 1.29 is 13.2 Å². The Morgan fingerprint density at radius 3 is 2.33 bits per heavy atom. The van der Waals surface area contributed by atoms with Crippen LogP contribution in [0.1, 0.15) is 26.2 Å². The van der Waals surface area contributed by atoms with Crippen molar-refractivity contribution in [3.05, 3.63) is 0 Å². The third-order valence-electron chi connectivity index (χ3n) is 1.32. The Balaban J connectivity index is 3.29. The lowest BCUT2D eigenvalue weighted by Crippen LogP contribution is -2.22. The molecule has 0 radical (unpaired) electrons. The Morgan fingerprint density at radius 2 is 1.92 bits per heavy atom. The first-order chi connectivity index (χ1) is 5.42. The molecule has 0 aliphatic rings. The lowest BCUT2D eigenvalue weighted by Gasteiger charge is -2.00. The van der Waals surface area contributed by atoms with Crippen LogP contribution in [0.15, 0.2) is 0 Å². The van der Waals surface area contributed by atoms with Gasteiger partial charge in [-0.05, 0) is 19.8 Å². The normalized spacial score (nSPS) is 11.5. The highest BCUT2D eigenvalue weighted by Gasteiger charge is 1.99. The number of ketones is 1. The minimum atomic E-state index is -3.06. The van der Waals surface area contributed by atoms with E-state index in [1.807, 2.05) is 0 Å². The van der Waals surface area contributed by atoms with Gasteiger partial charge in [0, 0.05) is 13.0 Å². The fraction of sp³-hybridized carbons (Fsp3) is 0.857. The predicted octanol–water partition coefficient (Wildman–Crippen LogP) is 0.295. The van der Waals surface area contributed by atoms with E-state index < -0.39 is 10.0 Å². The van der Waals surface area contributed by atoms with E-state index in [0.29, 0.717) is 19.4 Å². The van der Waals surface area contributed by atoms with Crippen LogP contribution in [0, 0.1) is 0 Å². The van der Waals surface area contributed by atoms with Gasteiger partial charge in [0.2, 0.25) is 10.0 Å². The van der Waals surface area contributed by atoms with E-state index in [1.165, 1.54) is 6.92 Å². The third-order valence-corrected chi connectivity index (χ3v) is 2.05. The van der Waals surface area contributed by atoms with Crippen molar-refractivity contribution in [2.24, 2.45) is 0 Å². The van der Waals surface area contributed by atoms with E-state index in [1.54, 1.807) is 0 Å². The zero-order valence-corrected chi connectivity index (χ0v) is 8.28. The second kappa shape index (κ2) is 5.27. The molecule has 0 saturated heterocycles. The van der Waals surface area contributed by atoms with Crippen molar-refractivity contribution in [3.8, 4) is 0 Å². The highest BCUT2D eigenvalue weighted by Crippen LogP contribution is 1.94. The van der Waals surface area contributed by atoms with E-state index in [-0.39, 0.29) is 5.78 Å². The summed E-state index contributed by atoms with van der Waals surface area (Å²) in [5.41, 5.74) is 0. The molecule has 0 aliphatic heterocycles. The average molecular weight is 193 g/mol. The molecule has 0 rings (SSSR count). The molecule has 72 valence electrons. The lowest BCUT2D eigenvalue weighted by atomic mass is 10.2. The molecule has 5 heteroatoms. The maximum Gasteiger partial charge on any atom is 0.208 e. The predicted molar refractivity (Wildman–Crippen MR) is 47.4 cm³/mol. The number of nitrogens with one attached hydrogen (secondary N) is 1. The summed E-state index contributed by atoms with van der Waals surface area (Å²) in [7, 11) is -3.06. The smallest absolute Gasteiger partial charge is 0.208 e. The van der Waals surface area contributed by atoms with Gasteiger partial charge in [-0.25, -0.2) is 13.1 Å². The van der Waals surface area contributed by atoms with Crippen LogP contribution in [0.3, 0.4) is 0 Å². The van der Waals surface area contributed by atoms with Crippen LogP contribution in [0.2, 0.25) is 0 Å². The molecule has 4 nitrogen and oxygen atoms in total. The van der Waals surface area contributed by atoms with Gasteiger partial charge in [-0.15, -0.1) is 0 Å². The summed E-state index contributed by atoms with van der Waals surface area (Å²) in [6.45, 7) is 1.95. The van der Waals surface area contributed by atoms with Crippen LogP contribution in [-0.4, -0.2) is 27.0 Å². The number of hydrogen-bond donors (Lipinski definition) is 1. The van der Waals surface area contributed by atoms with Gasteiger partial charge in [0.1, 0.15) is 5.78 Å². The molecular formula is C7H15NO3S. The Kier molecular flexibility index (Phi) is 5.08. The Labute approximate surface area is 73.4 Å². The summed E-state index contributed by atoms with van der Waals surface area (Å²) in [5, 5.41) is 0. The minimum absolute atomic E-state index is 0.148. The van der Waals surface area contributed by atoms with Crippen molar-refractivity contribution in [3.63, 3.8) is 0 Å². The van der Waals surface area contributed by atoms with Crippen LogP contribution in [0.5, 0.6) is 0 Å². The quantitative estimate of drug-likeness (QED) is 0.617. The Bertz CT molecular complexity index is 233. The van der Waals surface area contributed by atoms with Gasteiger partial charge in [-0.1, -0.05) is 0 Å². The highest BCUT2D eigenvalue weighted by atomic mass is 32.2. The second-order valence-electron chi connectivity index (χ2n) is 2.83. The number of carbonyl (C=O) groups is 1. The van der Waals surface area contributed by atoms with Gasteiger partial charge in [-0.2, -0.15) is 0 Å². The second-order valence-corrected chi connectivity index (χ2v) is 4.66. The molecule has 0 aromatic heterocycles. The highest BCUT2D eigenvalue weighted by molar-refractivity contribution is 7.88. The number of unbranched alkanes of at least 4 members (excludes halogenated alkanes) is 1. The zero-order valence-electron chi connectivity index (χ0n) is 7.46. The molecule has 0 unspecified atom stereocenters. The topological polar surface area (TPSA) is 63.2 Å². The Hall–Kier alpha value is -0.420. The molecule has 1 N–H and O–H groups in total. The molecule has 0 atom stereocenters. The summed E-state index contributed by atoms with van der Waals surface area (Å²) in [6, 6.07) is 0. The van der Waals surface area contributed by atoms with Gasteiger partial charge in [0.25, 0.3) is 0 Å². The maximum absolute atomic E-state index is 10.6. The largest absolute Gasteiger partial charge is 0.300 e. The standard InChI is InChI=1S/C7H15NO3S/c1-7(9)5-3-4-6-8-12(2,10)11/h8H,3-6H2,1-2H3. The van der Waals surface area contributed by atoms with E-state index >= 15 is 0 Å². The SMILES string of the molecule is CC(=O)CCCCNS(C)(=O)=O. The number of carbonyl (C=O) groups excluding carboxylic acids is 1. The summed E-state index contributed by atoms with van der Waals surface area (Å²) >= 11 is 0. The van der Waals surface area contributed by atoms with Crippen LogP contribution >= 0.6 is 0 Å². The molecule has 0 aromatic rings. The van der Waals surface area contributed by atoms with Gasteiger partial charge in [0.15, 0.2) is 0 Å². The molecule has 0 fully saturated rings. The van der Waals surface area contributed by atoms with Crippen LogP contribution in [-0.2, 0) is 14.8 Å². The first-order valence-electron chi connectivity index (χ1n) is 3.86. The monoisotopic (exact) mass is 193 g/mol. The zero-order chi connectivity index (χ0) is 9.61. The van der Waals surface area contributed by atoms with Crippen molar-refractivity contribution in [2.45, 2.75) is 26.2 Å². The molecule has 0 spiro atoms.